The lowest BCUT2D eigenvalue weighted by Gasteiger charge is -2.26. The molecule has 0 bridgehead atoms. The number of morpholine rings is 1. The van der Waals surface area contributed by atoms with Crippen LogP contribution in [0.15, 0.2) is 18.3 Å². The van der Waals surface area contributed by atoms with Gasteiger partial charge in [-0.2, -0.15) is 0 Å². The summed E-state index contributed by atoms with van der Waals surface area (Å²) in [6.45, 7) is 7.28. The molecule has 0 saturated carbocycles. The molecule has 2 rings (SSSR count). The first-order chi connectivity index (χ1) is 8.38. The van der Waals surface area contributed by atoms with Crippen LogP contribution in [-0.4, -0.2) is 56.6 Å². The quantitative estimate of drug-likeness (QED) is 0.679. The highest BCUT2D eigenvalue weighted by Crippen LogP contribution is 2.03. The summed E-state index contributed by atoms with van der Waals surface area (Å²) in [6.07, 6.45) is 1.82. The maximum atomic E-state index is 5.60. The topological polar surface area (TPSA) is 34.6 Å². The van der Waals surface area contributed by atoms with Gasteiger partial charge >= 0.3 is 0 Å². The summed E-state index contributed by atoms with van der Waals surface area (Å²) in [5.74, 6) is 0.698. The molecular formula is C12H18BN2O2. The average Bonchev–Trinajstić information content (AvgIpc) is 2.41. The van der Waals surface area contributed by atoms with Gasteiger partial charge in [-0.15, -0.1) is 0 Å². The van der Waals surface area contributed by atoms with Gasteiger partial charge in [-0.1, -0.05) is 18.4 Å². The highest BCUT2D eigenvalue weighted by atomic mass is 16.5. The van der Waals surface area contributed by atoms with Crippen molar-refractivity contribution in [2.75, 3.05) is 39.5 Å². The maximum absolute atomic E-state index is 5.60. The molecule has 1 aromatic heterocycles. The monoisotopic (exact) mass is 233 g/mol. The van der Waals surface area contributed by atoms with Gasteiger partial charge in [-0.3, -0.25) is 4.90 Å². The Morgan fingerprint density at radius 3 is 2.88 bits per heavy atom. The normalized spacial score (nSPS) is 16.8. The van der Waals surface area contributed by atoms with Crippen molar-refractivity contribution >= 4 is 12.7 Å². The third kappa shape index (κ3) is 4.02. The van der Waals surface area contributed by atoms with E-state index in [2.05, 4.69) is 9.88 Å². The second kappa shape index (κ2) is 6.62. The van der Waals surface area contributed by atoms with Crippen LogP contribution in [0.25, 0.3) is 0 Å². The van der Waals surface area contributed by atoms with Gasteiger partial charge in [0.15, 0.2) is 0 Å². The number of pyridine rings is 1. The molecule has 0 amide bonds. The molecule has 0 spiro atoms. The highest BCUT2D eigenvalue weighted by molar-refractivity contribution is 6.51. The molecule has 0 unspecified atom stereocenters. The summed E-state index contributed by atoms with van der Waals surface area (Å²) < 4.78 is 10.9. The molecule has 1 fully saturated rings. The lowest BCUT2D eigenvalue weighted by atomic mass is 9.74. The minimum atomic E-state index is 0.683. The molecule has 1 aliphatic heterocycles. The van der Waals surface area contributed by atoms with E-state index in [1.807, 2.05) is 32.4 Å². The van der Waals surface area contributed by atoms with Gasteiger partial charge in [0.25, 0.3) is 0 Å². The van der Waals surface area contributed by atoms with E-state index in [-0.39, 0.29) is 0 Å². The Morgan fingerprint density at radius 2 is 2.24 bits per heavy atom. The van der Waals surface area contributed by atoms with Gasteiger partial charge < -0.3 is 9.47 Å². The van der Waals surface area contributed by atoms with Crippen molar-refractivity contribution < 1.29 is 9.47 Å². The first-order valence-electron chi connectivity index (χ1n) is 6.07. The Morgan fingerprint density at radius 1 is 1.41 bits per heavy atom. The summed E-state index contributed by atoms with van der Waals surface area (Å²) in [4.78, 5) is 6.58. The number of hydrogen-bond acceptors (Lipinski definition) is 4. The van der Waals surface area contributed by atoms with Crippen molar-refractivity contribution in [3.63, 3.8) is 0 Å². The summed E-state index contributed by atoms with van der Waals surface area (Å²) in [5.41, 5.74) is 1.12. The van der Waals surface area contributed by atoms with E-state index < -0.39 is 0 Å². The van der Waals surface area contributed by atoms with Crippen LogP contribution in [0.4, 0.5) is 0 Å². The predicted molar refractivity (Wildman–Crippen MR) is 68.2 cm³/mol. The van der Waals surface area contributed by atoms with Crippen LogP contribution in [0.5, 0.6) is 5.88 Å². The van der Waals surface area contributed by atoms with Gasteiger partial charge in [0.05, 0.1) is 13.2 Å². The molecule has 1 radical (unpaired) electrons. The summed E-state index contributed by atoms with van der Waals surface area (Å²) in [6, 6.07) is 3.92. The second-order valence-corrected chi connectivity index (χ2v) is 4.02. The zero-order chi connectivity index (χ0) is 11.9. The Hall–Kier alpha value is -1.07. The molecule has 5 heteroatoms. The summed E-state index contributed by atoms with van der Waals surface area (Å²) >= 11 is 0. The molecule has 91 valence electrons. The molecule has 1 aromatic rings. The molecule has 1 saturated heterocycles. The van der Waals surface area contributed by atoms with Crippen LogP contribution < -0.4 is 10.2 Å². The molecule has 0 N–H and O–H groups in total. The van der Waals surface area contributed by atoms with E-state index in [9.17, 15) is 0 Å². The van der Waals surface area contributed by atoms with Crippen molar-refractivity contribution in [2.24, 2.45) is 0 Å². The minimum Gasteiger partial charge on any atom is -0.476 e. The first kappa shape index (κ1) is 12.4. The van der Waals surface area contributed by atoms with Crippen LogP contribution in [0.2, 0.25) is 6.82 Å². The van der Waals surface area contributed by atoms with Gasteiger partial charge in [0.2, 0.25) is 5.88 Å². The molecule has 0 aliphatic carbocycles. The van der Waals surface area contributed by atoms with Gasteiger partial charge in [-0.25, -0.2) is 4.98 Å². The highest BCUT2D eigenvalue weighted by Gasteiger charge is 2.09. The lowest BCUT2D eigenvalue weighted by Crippen LogP contribution is -2.38. The average molecular weight is 233 g/mol. The number of rotatable bonds is 5. The zero-order valence-corrected chi connectivity index (χ0v) is 10.3. The fraction of sp³-hybridized carbons (Fsp3) is 0.583. The van der Waals surface area contributed by atoms with Crippen molar-refractivity contribution in [3.8, 4) is 5.88 Å². The van der Waals surface area contributed by atoms with Crippen LogP contribution in [-0.2, 0) is 4.74 Å². The fourth-order valence-electron chi connectivity index (χ4n) is 1.75. The van der Waals surface area contributed by atoms with E-state index in [1.54, 1.807) is 0 Å². The maximum Gasteiger partial charge on any atom is 0.213 e. The molecule has 0 aromatic carbocycles. The lowest BCUT2D eigenvalue weighted by molar-refractivity contribution is 0.0320. The standard InChI is InChI=1S/C12H18BN2O2/c1-13-11-2-3-12(14-10-11)17-9-6-15-4-7-16-8-5-15/h2-3,10H,4-9H2,1H3. The predicted octanol–water partition coefficient (Wildman–Crippen LogP) is 0.170. The number of nitrogens with zero attached hydrogens (tertiary/aromatic N) is 2. The Balaban J connectivity index is 1.69. The fourth-order valence-corrected chi connectivity index (χ4v) is 1.75. The van der Waals surface area contributed by atoms with Crippen LogP contribution >= 0.6 is 0 Å². The summed E-state index contributed by atoms with van der Waals surface area (Å²) in [5, 5.41) is 0. The van der Waals surface area contributed by atoms with E-state index in [1.165, 1.54) is 0 Å². The minimum absolute atomic E-state index is 0.683. The van der Waals surface area contributed by atoms with Crippen LogP contribution in [0.1, 0.15) is 0 Å². The molecule has 0 atom stereocenters. The molecule has 2 heterocycles. The van der Waals surface area contributed by atoms with Crippen LogP contribution in [0.3, 0.4) is 0 Å². The Kier molecular flexibility index (Phi) is 4.82. The largest absolute Gasteiger partial charge is 0.476 e. The van der Waals surface area contributed by atoms with Gasteiger partial charge in [-0.05, 0) is 6.07 Å². The zero-order valence-electron chi connectivity index (χ0n) is 10.3. The number of hydrogen-bond donors (Lipinski definition) is 0. The Labute approximate surface area is 103 Å². The van der Waals surface area contributed by atoms with Gasteiger partial charge in [0, 0.05) is 25.8 Å². The van der Waals surface area contributed by atoms with Crippen LogP contribution in [0, 0.1) is 0 Å². The van der Waals surface area contributed by atoms with E-state index in [0.29, 0.717) is 12.5 Å². The Bertz CT molecular complexity index is 326. The SMILES string of the molecule is C[B]c1ccc(OCCN2CCOCC2)nc1. The third-order valence-corrected chi connectivity index (χ3v) is 2.85. The smallest absolute Gasteiger partial charge is 0.213 e. The molecule has 4 nitrogen and oxygen atoms in total. The van der Waals surface area contributed by atoms with Crippen molar-refractivity contribution in [1.82, 2.24) is 9.88 Å². The van der Waals surface area contributed by atoms with Crippen molar-refractivity contribution in [1.29, 1.82) is 0 Å². The van der Waals surface area contributed by atoms with E-state index >= 15 is 0 Å². The molecular weight excluding hydrogens is 215 g/mol. The molecule has 17 heavy (non-hydrogen) atoms. The van der Waals surface area contributed by atoms with E-state index in [0.717, 1.165) is 38.3 Å². The van der Waals surface area contributed by atoms with Crippen molar-refractivity contribution in [2.45, 2.75) is 6.82 Å². The number of ether oxygens (including phenoxy) is 2. The summed E-state index contributed by atoms with van der Waals surface area (Å²) in [7, 11) is 2.02. The second-order valence-electron chi connectivity index (χ2n) is 4.02. The molecule has 1 aliphatic rings. The first-order valence-corrected chi connectivity index (χ1v) is 6.07. The van der Waals surface area contributed by atoms with Crippen molar-refractivity contribution in [3.05, 3.63) is 18.3 Å². The third-order valence-electron chi connectivity index (χ3n) is 2.85. The van der Waals surface area contributed by atoms with E-state index in [4.69, 9.17) is 9.47 Å². The van der Waals surface area contributed by atoms with Gasteiger partial charge in [0.1, 0.15) is 13.9 Å². The number of aromatic nitrogens is 1.